The Bertz CT molecular complexity index is 645. The Morgan fingerprint density at radius 1 is 1.40 bits per heavy atom. The summed E-state index contributed by atoms with van der Waals surface area (Å²) in [7, 11) is 0. The normalized spacial score (nSPS) is 10.6. The third-order valence-corrected chi connectivity index (χ3v) is 4.27. The lowest BCUT2D eigenvalue weighted by molar-refractivity contribution is -0.384. The summed E-state index contributed by atoms with van der Waals surface area (Å²) in [6, 6.07) is 6.06. The third kappa shape index (κ3) is 3.26. The quantitative estimate of drug-likeness (QED) is 0.647. The molecule has 0 atom stereocenters. The Morgan fingerprint density at radius 3 is 2.70 bits per heavy atom. The van der Waals surface area contributed by atoms with Crippen molar-refractivity contribution in [2.45, 2.75) is 19.9 Å². The Labute approximate surface area is 124 Å². The van der Waals surface area contributed by atoms with Crippen molar-refractivity contribution in [2.75, 3.05) is 5.32 Å². The first-order valence-electron chi connectivity index (χ1n) is 5.96. The van der Waals surface area contributed by atoms with Gasteiger partial charge in [-0.1, -0.05) is 18.5 Å². The zero-order valence-corrected chi connectivity index (χ0v) is 12.2. The van der Waals surface area contributed by atoms with E-state index in [9.17, 15) is 14.5 Å². The van der Waals surface area contributed by atoms with E-state index in [4.69, 9.17) is 11.6 Å². The standard InChI is InChI=1S/C13H12ClFN2O2S/c1-2-8-3-4-9(20-8)7-16-12-5-10(14)11(15)6-13(12)17(18)19/h3-6,16H,2,7H2,1H3. The molecular weight excluding hydrogens is 303 g/mol. The van der Waals surface area contributed by atoms with Crippen LogP contribution in [0.5, 0.6) is 0 Å². The number of nitro benzene ring substituents is 1. The smallest absolute Gasteiger partial charge is 0.295 e. The molecule has 0 bridgehead atoms. The molecule has 0 aliphatic rings. The van der Waals surface area contributed by atoms with Gasteiger partial charge in [-0.3, -0.25) is 10.1 Å². The van der Waals surface area contributed by atoms with Crippen LogP contribution >= 0.6 is 22.9 Å². The second-order valence-corrected chi connectivity index (χ2v) is 5.78. The fourth-order valence-electron chi connectivity index (χ4n) is 1.72. The van der Waals surface area contributed by atoms with Crippen molar-refractivity contribution in [1.82, 2.24) is 0 Å². The number of hydrogen-bond acceptors (Lipinski definition) is 4. The van der Waals surface area contributed by atoms with Gasteiger partial charge in [-0.2, -0.15) is 0 Å². The minimum absolute atomic E-state index is 0.140. The van der Waals surface area contributed by atoms with Crippen molar-refractivity contribution in [2.24, 2.45) is 0 Å². The second-order valence-electron chi connectivity index (χ2n) is 4.12. The molecule has 106 valence electrons. The summed E-state index contributed by atoms with van der Waals surface area (Å²) in [5.74, 6) is -0.798. The minimum atomic E-state index is -0.798. The molecule has 0 saturated carbocycles. The van der Waals surface area contributed by atoms with Gasteiger partial charge >= 0.3 is 0 Å². The van der Waals surface area contributed by atoms with Gasteiger partial charge in [-0.25, -0.2) is 4.39 Å². The van der Waals surface area contributed by atoms with Crippen LogP contribution in [0.25, 0.3) is 0 Å². The van der Waals surface area contributed by atoms with E-state index in [2.05, 4.69) is 12.2 Å². The topological polar surface area (TPSA) is 55.2 Å². The summed E-state index contributed by atoms with van der Waals surface area (Å²) < 4.78 is 13.3. The molecule has 1 N–H and O–H groups in total. The maximum Gasteiger partial charge on any atom is 0.295 e. The molecule has 4 nitrogen and oxygen atoms in total. The van der Waals surface area contributed by atoms with Crippen molar-refractivity contribution in [3.63, 3.8) is 0 Å². The van der Waals surface area contributed by atoms with Crippen LogP contribution in [0, 0.1) is 15.9 Å². The Balaban J connectivity index is 2.20. The lowest BCUT2D eigenvalue weighted by Gasteiger charge is -2.07. The number of benzene rings is 1. The van der Waals surface area contributed by atoms with Crippen molar-refractivity contribution in [3.8, 4) is 0 Å². The van der Waals surface area contributed by atoms with E-state index in [1.807, 2.05) is 12.1 Å². The van der Waals surface area contributed by atoms with E-state index < -0.39 is 10.7 Å². The van der Waals surface area contributed by atoms with Gasteiger partial charge in [-0.15, -0.1) is 11.3 Å². The molecule has 0 radical (unpaired) electrons. The average molecular weight is 315 g/mol. The van der Waals surface area contributed by atoms with Gasteiger partial charge in [0.05, 0.1) is 16.0 Å². The molecule has 0 spiro atoms. The molecule has 0 aliphatic carbocycles. The van der Waals surface area contributed by atoms with Crippen LogP contribution in [0.4, 0.5) is 15.8 Å². The highest BCUT2D eigenvalue weighted by Gasteiger charge is 2.17. The number of thiophene rings is 1. The number of nitrogens with one attached hydrogen (secondary N) is 1. The number of halogens is 2. The number of aryl methyl sites for hydroxylation is 1. The summed E-state index contributed by atoms with van der Waals surface area (Å²) >= 11 is 7.30. The molecule has 1 aromatic heterocycles. The highest BCUT2D eigenvalue weighted by atomic mass is 35.5. The van der Waals surface area contributed by atoms with Crippen LogP contribution in [-0.2, 0) is 13.0 Å². The van der Waals surface area contributed by atoms with E-state index in [0.29, 0.717) is 6.54 Å². The fourth-order valence-corrected chi connectivity index (χ4v) is 2.78. The molecule has 0 aliphatic heterocycles. The summed E-state index contributed by atoms with van der Waals surface area (Å²) in [6.07, 6.45) is 0.952. The maximum absolute atomic E-state index is 13.3. The third-order valence-electron chi connectivity index (χ3n) is 2.75. The zero-order valence-electron chi connectivity index (χ0n) is 10.7. The van der Waals surface area contributed by atoms with Gasteiger partial charge in [-0.05, 0) is 24.6 Å². The second kappa shape index (κ2) is 6.19. The van der Waals surface area contributed by atoms with Gasteiger partial charge in [0.2, 0.25) is 0 Å². The van der Waals surface area contributed by atoms with Crippen molar-refractivity contribution in [3.05, 3.63) is 55.0 Å². The van der Waals surface area contributed by atoms with E-state index in [-0.39, 0.29) is 16.4 Å². The van der Waals surface area contributed by atoms with E-state index >= 15 is 0 Å². The molecule has 1 aromatic carbocycles. The summed E-state index contributed by atoms with van der Waals surface area (Å²) in [6.45, 7) is 2.50. The summed E-state index contributed by atoms with van der Waals surface area (Å²) in [5.41, 5.74) is -0.105. The SMILES string of the molecule is CCc1ccc(CNc2cc(Cl)c(F)cc2[N+](=O)[O-])s1. The number of anilines is 1. The molecular formula is C13H12ClFN2O2S. The van der Waals surface area contributed by atoms with E-state index in [0.717, 1.165) is 17.4 Å². The maximum atomic E-state index is 13.3. The van der Waals surface area contributed by atoms with Crippen LogP contribution in [0.15, 0.2) is 24.3 Å². The summed E-state index contributed by atoms with van der Waals surface area (Å²) in [5, 5.41) is 13.7. The first-order chi connectivity index (χ1) is 9.51. The number of nitrogens with zero attached hydrogens (tertiary/aromatic N) is 1. The van der Waals surface area contributed by atoms with Crippen LogP contribution in [0.3, 0.4) is 0 Å². The van der Waals surface area contributed by atoms with Crippen LogP contribution in [0.1, 0.15) is 16.7 Å². The van der Waals surface area contributed by atoms with Gasteiger partial charge in [0.1, 0.15) is 11.5 Å². The zero-order chi connectivity index (χ0) is 14.7. The van der Waals surface area contributed by atoms with Crippen LogP contribution in [-0.4, -0.2) is 4.92 Å². The molecule has 1 heterocycles. The first kappa shape index (κ1) is 14.7. The average Bonchev–Trinajstić information content (AvgIpc) is 2.87. The van der Waals surface area contributed by atoms with Crippen molar-refractivity contribution in [1.29, 1.82) is 0 Å². The van der Waals surface area contributed by atoms with Gasteiger partial charge in [0.25, 0.3) is 5.69 Å². The fraction of sp³-hybridized carbons (Fsp3) is 0.231. The van der Waals surface area contributed by atoms with Gasteiger partial charge in [0, 0.05) is 16.3 Å². The molecule has 2 aromatic rings. The Kier molecular flexibility index (Phi) is 4.57. The molecule has 0 amide bonds. The van der Waals surface area contributed by atoms with Crippen LogP contribution < -0.4 is 5.32 Å². The van der Waals surface area contributed by atoms with Crippen molar-refractivity contribution >= 4 is 34.3 Å². The monoisotopic (exact) mass is 314 g/mol. The lowest BCUT2D eigenvalue weighted by Crippen LogP contribution is -2.02. The number of hydrogen-bond donors (Lipinski definition) is 1. The highest BCUT2D eigenvalue weighted by Crippen LogP contribution is 2.31. The van der Waals surface area contributed by atoms with Crippen LogP contribution in [0.2, 0.25) is 5.02 Å². The van der Waals surface area contributed by atoms with Gasteiger partial charge < -0.3 is 5.32 Å². The largest absolute Gasteiger partial charge is 0.375 e. The summed E-state index contributed by atoms with van der Waals surface area (Å²) in [4.78, 5) is 12.6. The number of rotatable bonds is 5. The Morgan fingerprint density at radius 2 is 2.10 bits per heavy atom. The molecule has 7 heteroatoms. The van der Waals surface area contributed by atoms with Crippen molar-refractivity contribution < 1.29 is 9.31 Å². The lowest BCUT2D eigenvalue weighted by atomic mass is 10.2. The number of nitro groups is 1. The molecule has 0 unspecified atom stereocenters. The predicted molar refractivity (Wildman–Crippen MR) is 79.1 cm³/mol. The van der Waals surface area contributed by atoms with E-state index in [1.54, 1.807) is 11.3 Å². The molecule has 0 fully saturated rings. The Hall–Kier alpha value is -1.66. The first-order valence-corrected chi connectivity index (χ1v) is 7.15. The minimum Gasteiger partial charge on any atom is -0.375 e. The molecule has 0 saturated heterocycles. The molecule has 20 heavy (non-hydrogen) atoms. The van der Waals surface area contributed by atoms with E-state index in [1.165, 1.54) is 10.9 Å². The predicted octanol–water partition coefficient (Wildman–Crippen LogP) is 4.62. The van der Waals surface area contributed by atoms with Gasteiger partial charge in [0.15, 0.2) is 0 Å². The highest BCUT2D eigenvalue weighted by molar-refractivity contribution is 7.12. The molecule has 2 rings (SSSR count).